The van der Waals surface area contributed by atoms with Gasteiger partial charge in [-0.25, -0.2) is 8.78 Å². The van der Waals surface area contributed by atoms with Crippen LogP contribution >= 0.6 is 11.6 Å². The summed E-state index contributed by atoms with van der Waals surface area (Å²) in [4.78, 5) is 2.13. The highest BCUT2D eigenvalue weighted by molar-refractivity contribution is 6.31. The summed E-state index contributed by atoms with van der Waals surface area (Å²) in [5.74, 6) is 0.409. The van der Waals surface area contributed by atoms with Crippen molar-refractivity contribution in [1.29, 1.82) is 0 Å². The van der Waals surface area contributed by atoms with Crippen molar-refractivity contribution in [3.05, 3.63) is 34.3 Å². The molecule has 1 aliphatic rings. The van der Waals surface area contributed by atoms with Crippen LogP contribution in [-0.4, -0.2) is 25.0 Å². The van der Waals surface area contributed by atoms with Gasteiger partial charge in [0.15, 0.2) is 0 Å². The minimum Gasteiger partial charge on any atom is -0.330 e. The number of alkyl halides is 2. The number of nitrogens with two attached hydrogens (primary N) is 1. The summed E-state index contributed by atoms with van der Waals surface area (Å²) >= 11 is 6.13. The number of hydrogen-bond donors (Lipinski definition) is 1. The number of benzene rings is 1. The Hall–Kier alpha value is -0.710. The van der Waals surface area contributed by atoms with Crippen molar-refractivity contribution in [1.82, 2.24) is 4.90 Å². The van der Waals surface area contributed by atoms with Crippen molar-refractivity contribution in [2.24, 2.45) is 11.7 Å². The van der Waals surface area contributed by atoms with Crippen LogP contribution in [0.4, 0.5) is 8.78 Å². The fourth-order valence-electron chi connectivity index (χ4n) is 2.59. The van der Waals surface area contributed by atoms with E-state index in [1.807, 2.05) is 7.05 Å². The SMILES string of the molecule is CN1CC(CN)CC1c1cc(C(F)F)ccc1Cl. The third-order valence-electron chi connectivity index (χ3n) is 3.60. The summed E-state index contributed by atoms with van der Waals surface area (Å²) in [6, 6.07) is 4.55. The van der Waals surface area contributed by atoms with Crippen LogP contribution in [0.5, 0.6) is 0 Å². The largest absolute Gasteiger partial charge is 0.330 e. The molecule has 0 saturated carbocycles. The molecule has 1 aromatic rings. The Bertz CT molecular complexity index is 425. The number of rotatable bonds is 3. The van der Waals surface area contributed by atoms with E-state index >= 15 is 0 Å². The molecule has 0 amide bonds. The van der Waals surface area contributed by atoms with Crippen molar-refractivity contribution in [2.45, 2.75) is 18.9 Å². The minimum absolute atomic E-state index is 0.0269. The summed E-state index contributed by atoms with van der Waals surface area (Å²) in [5, 5.41) is 0.550. The third kappa shape index (κ3) is 2.66. The Morgan fingerprint density at radius 2 is 2.22 bits per heavy atom. The van der Waals surface area contributed by atoms with Crippen LogP contribution < -0.4 is 5.73 Å². The Kier molecular flexibility index (Phi) is 4.20. The summed E-state index contributed by atoms with van der Waals surface area (Å²) in [6.07, 6.45) is -1.59. The molecule has 1 aliphatic heterocycles. The number of hydrogen-bond acceptors (Lipinski definition) is 2. The molecule has 1 saturated heterocycles. The summed E-state index contributed by atoms with van der Waals surface area (Å²) in [5.41, 5.74) is 6.48. The lowest BCUT2D eigenvalue weighted by Gasteiger charge is -2.21. The first-order valence-electron chi connectivity index (χ1n) is 6.00. The molecular weight excluding hydrogens is 258 g/mol. The van der Waals surface area contributed by atoms with E-state index in [4.69, 9.17) is 17.3 Å². The molecule has 0 aromatic heterocycles. The van der Waals surface area contributed by atoms with Crippen LogP contribution in [0.25, 0.3) is 0 Å². The maximum Gasteiger partial charge on any atom is 0.263 e. The van der Waals surface area contributed by atoms with Gasteiger partial charge in [0.25, 0.3) is 6.43 Å². The first-order valence-corrected chi connectivity index (χ1v) is 6.38. The van der Waals surface area contributed by atoms with Gasteiger partial charge in [-0.3, -0.25) is 4.90 Å². The van der Waals surface area contributed by atoms with Crippen molar-refractivity contribution in [2.75, 3.05) is 20.1 Å². The lowest BCUT2D eigenvalue weighted by Crippen LogP contribution is -2.20. The van der Waals surface area contributed by atoms with E-state index in [0.29, 0.717) is 17.5 Å². The summed E-state index contributed by atoms with van der Waals surface area (Å²) < 4.78 is 25.5. The zero-order chi connectivity index (χ0) is 13.3. The third-order valence-corrected chi connectivity index (χ3v) is 3.94. The average Bonchev–Trinajstić information content (AvgIpc) is 2.71. The first kappa shape index (κ1) is 13.7. The standard InChI is InChI=1S/C13H17ClF2N2/c1-18-7-8(6-17)4-12(18)10-5-9(13(15)16)2-3-11(10)14/h2-3,5,8,12-13H,4,6-7,17H2,1H3. The predicted molar refractivity (Wildman–Crippen MR) is 68.9 cm³/mol. The van der Waals surface area contributed by atoms with Crippen LogP contribution in [0.3, 0.4) is 0 Å². The molecule has 2 atom stereocenters. The lowest BCUT2D eigenvalue weighted by atomic mass is 9.98. The maximum atomic E-state index is 12.7. The van der Waals surface area contributed by atoms with E-state index < -0.39 is 6.43 Å². The molecule has 1 fully saturated rings. The van der Waals surface area contributed by atoms with Crippen LogP contribution in [0.15, 0.2) is 18.2 Å². The van der Waals surface area contributed by atoms with Gasteiger partial charge < -0.3 is 5.73 Å². The highest BCUT2D eigenvalue weighted by Crippen LogP contribution is 2.38. The number of nitrogens with zero attached hydrogens (tertiary/aromatic N) is 1. The van der Waals surface area contributed by atoms with Gasteiger partial charge >= 0.3 is 0 Å². The molecule has 0 radical (unpaired) electrons. The van der Waals surface area contributed by atoms with E-state index in [9.17, 15) is 8.78 Å². The Morgan fingerprint density at radius 3 is 2.78 bits per heavy atom. The quantitative estimate of drug-likeness (QED) is 0.917. The maximum absolute atomic E-state index is 12.7. The van der Waals surface area contributed by atoms with Gasteiger partial charge in [0.1, 0.15) is 0 Å². The van der Waals surface area contributed by atoms with Crippen LogP contribution in [0.1, 0.15) is 30.0 Å². The molecule has 18 heavy (non-hydrogen) atoms. The molecule has 0 spiro atoms. The smallest absolute Gasteiger partial charge is 0.263 e. The molecular formula is C13H17ClF2N2. The molecule has 5 heteroatoms. The predicted octanol–water partition coefficient (Wildman–Crippen LogP) is 3.23. The minimum atomic E-state index is -2.46. The fourth-order valence-corrected chi connectivity index (χ4v) is 2.84. The first-order chi connectivity index (χ1) is 8.52. The lowest BCUT2D eigenvalue weighted by molar-refractivity contribution is 0.151. The van der Waals surface area contributed by atoms with Crippen molar-refractivity contribution in [3.8, 4) is 0 Å². The van der Waals surface area contributed by atoms with E-state index in [0.717, 1.165) is 18.5 Å². The monoisotopic (exact) mass is 274 g/mol. The van der Waals surface area contributed by atoms with E-state index in [1.165, 1.54) is 12.1 Å². The summed E-state index contributed by atoms with van der Waals surface area (Å²) in [6.45, 7) is 1.50. The molecule has 1 aromatic carbocycles. The molecule has 0 aliphatic carbocycles. The van der Waals surface area contributed by atoms with E-state index in [1.54, 1.807) is 6.07 Å². The van der Waals surface area contributed by atoms with E-state index in [-0.39, 0.29) is 11.6 Å². The zero-order valence-electron chi connectivity index (χ0n) is 10.2. The highest BCUT2D eigenvalue weighted by atomic mass is 35.5. The second kappa shape index (κ2) is 5.51. The molecule has 2 N–H and O–H groups in total. The molecule has 2 unspecified atom stereocenters. The normalized spacial score (nSPS) is 25.0. The topological polar surface area (TPSA) is 29.3 Å². The second-order valence-electron chi connectivity index (χ2n) is 4.87. The number of likely N-dealkylation sites (tertiary alicyclic amines) is 1. The average molecular weight is 275 g/mol. The Labute approximate surface area is 111 Å². The van der Waals surface area contributed by atoms with Gasteiger partial charge in [-0.1, -0.05) is 17.7 Å². The van der Waals surface area contributed by atoms with Gasteiger partial charge in [0, 0.05) is 23.2 Å². The molecule has 2 nitrogen and oxygen atoms in total. The van der Waals surface area contributed by atoms with Crippen molar-refractivity contribution < 1.29 is 8.78 Å². The number of halogens is 3. The molecule has 2 rings (SSSR count). The van der Waals surface area contributed by atoms with Gasteiger partial charge in [-0.15, -0.1) is 0 Å². The van der Waals surface area contributed by atoms with Crippen molar-refractivity contribution >= 4 is 11.6 Å². The van der Waals surface area contributed by atoms with Gasteiger partial charge in [0.2, 0.25) is 0 Å². The molecule has 1 heterocycles. The van der Waals surface area contributed by atoms with Gasteiger partial charge in [-0.05, 0) is 43.6 Å². The highest BCUT2D eigenvalue weighted by Gasteiger charge is 2.31. The van der Waals surface area contributed by atoms with Crippen LogP contribution in [0, 0.1) is 5.92 Å². The van der Waals surface area contributed by atoms with Gasteiger partial charge in [-0.2, -0.15) is 0 Å². The van der Waals surface area contributed by atoms with Gasteiger partial charge in [0.05, 0.1) is 0 Å². The zero-order valence-corrected chi connectivity index (χ0v) is 11.0. The second-order valence-corrected chi connectivity index (χ2v) is 5.28. The van der Waals surface area contributed by atoms with E-state index in [2.05, 4.69) is 4.90 Å². The Morgan fingerprint density at radius 1 is 1.50 bits per heavy atom. The van der Waals surface area contributed by atoms with Crippen LogP contribution in [0.2, 0.25) is 5.02 Å². The summed E-state index contributed by atoms with van der Waals surface area (Å²) in [7, 11) is 1.98. The fraction of sp³-hybridized carbons (Fsp3) is 0.538. The Balaban J connectivity index is 2.30. The van der Waals surface area contributed by atoms with Crippen molar-refractivity contribution in [3.63, 3.8) is 0 Å². The van der Waals surface area contributed by atoms with Crippen LogP contribution in [-0.2, 0) is 0 Å². The molecule has 0 bridgehead atoms. The molecule has 100 valence electrons.